The Hall–Kier alpha value is -6.08. The molecule has 252 valence electrons. The number of nitroso groups, excluding NO2 is 1. The third-order valence-corrected chi connectivity index (χ3v) is 9.58. The minimum atomic E-state index is -0.411. The van der Waals surface area contributed by atoms with Gasteiger partial charge in [0.2, 0.25) is 0 Å². The van der Waals surface area contributed by atoms with E-state index in [-0.39, 0.29) is 34.7 Å². The van der Waals surface area contributed by atoms with Gasteiger partial charge in [0.25, 0.3) is 0 Å². The molecule has 7 nitrogen and oxygen atoms in total. The van der Waals surface area contributed by atoms with Crippen LogP contribution in [0, 0.1) is 32.6 Å². The van der Waals surface area contributed by atoms with Crippen LogP contribution >= 0.6 is 0 Å². The lowest BCUT2D eigenvalue weighted by Crippen LogP contribution is -2.09. The van der Waals surface area contributed by atoms with E-state index < -0.39 is 5.92 Å². The molecule has 6 aromatic rings. The van der Waals surface area contributed by atoms with Crippen molar-refractivity contribution >= 4 is 5.69 Å². The van der Waals surface area contributed by atoms with Crippen LogP contribution in [0.2, 0.25) is 0 Å². The van der Waals surface area contributed by atoms with Gasteiger partial charge >= 0.3 is 0 Å². The SMILES string of the molecule is Cc1cc(O)ccc1C(c1ccc(O)cc1C)c1cc(Cc2ccc(O)c(C(c3ccc(O)cc3C)c3ccc(N=O)cc3C)c2)ccc1O. The fourth-order valence-electron chi connectivity index (χ4n) is 7.12. The maximum atomic E-state index is 11.3. The Morgan fingerprint density at radius 2 is 0.800 bits per heavy atom. The van der Waals surface area contributed by atoms with Gasteiger partial charge in [-0.25, -0.2) is 0 Å². The van der Waals surface area contributed by atoms with E-state index in [9.17, 15) is 30.4 Å². The molecular formula is C43H39NO6. The van der Waals surface area contributed by atoms with Crippen LogP contribution in [-0.4, -0.2) is 25.5 Å². The summed E-state index contributed by atoms with van der Waals surface area (Å²) in [6.07, 6.45) is 0.491. The highest BCUT2D eigenvalue weighted by molar-refractivity contribution is 5.58. The highest BCUT2D eigenvalue weighted by Crippen LogP contribution is 2.43. The second-order valence-electron chi connectivity index (χ2n) is 13.1. The summed E-state index contributed by atoms with van der Waals surface area (Å²) in [4.78, 5) is 11.3. The van der Waals surface area contributed by atoms with Gasteiger partial charge in [0.15, 0.2) is 0 Å². The van der Waals surface area contributed by atoms with Crippen LogP contribution in [0.1, 0.15) is 78.6 Å². The summed E-state index contributed by atoms with van der Waals surface area (Å²) >= 11 is 0. The lowest BCUT2D eigenvalue weighted by molar-refractivity contribution is 0.466. The van der Waals surface area contributed by atoms with Crippen molar-refractivity contribution in [2.45, 2.75) is 46.0 Å². The highest BCUT2D eigenvalue weighted by Gasteiger charge is 2.26. The molecule has 0 fully saturated rings. The van der Waals surface area contributed by atoms with Crippen molar-refractivity contribution in [2.24, 2.45) is 5.18 Å². The molecule has 0 saturated carbocycles. The van der Waals surface area contributed by atoms with E-state index >= 15 is 0 Å². The molecule has 0 aliphatic heterocycles. The number of nitrogens with zero attached hydrogens (tertiary/aromatic N) is 1. The van der Waals surface area contributed by atoms with Crippen LogP contribution in [0.15, 0.2) is 114 Å². The molecule has 0 spiro atoms. The first-order valence-corrected chi connectivity index (χ1v) is 16.4. The van der Waals surface area contributed by atoms with E-state index in [1.165, 1.54) is 0 Å². The van der Waals surface area contributed by atoms with Crippen LogP contribution in [0.5, 0.6) is 28.7 Å². The van der Waals surface area contributed by atoms with E-state index in [0.29, 0.717) is 23.2 Å². The molecule has 0 aromatic heterocycles. The van der Waals surface area contributed by atoms with Gasteiger partial charge in [0.05, 0.1) is 0 Å². The molecule has 0 heterocycles. The zero-order chi connectivity index (χ0) is 35.7. The van der Waals surface area contributed by atoms with Gasteiger partial charge in [-0.15, -0.1) is 4.91 Å². The largest absolute Gasteiger partial charge is 0.508 e. The van der Waals surface area contributed by atoms with E-state index in [1.54, 1.807) is 60.7 Å². The molecule has 0 saturated heterocycles. The predicted octanol–water partition coefficient (Wildman–Crippen LogP) is 9.80. The number of rotatable bonds is 9. The van der Waals surface area contributed by atoms with Crippen LogP contribution in [0.25, 0.3) is 0 Å². The molecule has 7 heteroatoms. The third-order valence-electron chi connectivity index (χ3n) is 9.58. The van der Waals surface area contributed by atoms with Gasteiger partial charge in [-0.1, -0.05) is 48.5 Å². The number of aryl methyl sites for hydroxylation is 4. The summed E-state index contributed by atoms with van der Waals surface area (Å²) in [5, 5.41) is 56.3. The zero-order valence-corrected chi connectivity index (χ0v) is 28.3. The fraction of sp³-hybridized carbons (Fsp3) is 0.163. The molecule has 50 heavy (non-hydrogen) atoms. The van der Waals surface area contributed by atoms with E-state index in [0.717, 1.165) is 55.6 Å². The van der Waals surface area contributed by atoms with Crippen LogP contribution in [0.3, 0.4) is 0 Å². The van der Waals surface area contributed by atoms with Gasteiger partial charge in [0.1, 0.15) is 34.4 Å². The maximum Gasteiger partial charge on any atom is 0.119 e. The standard InChI is InChI=1S/C43H39NO6/c1-24-17-30(44-50)7-11-34(24)42(35-12-8-31(45)18-25(35)2)38-22-28(5-15-40(38)48)21-29-6-16-41(49)39(23-29)43(36-13-9-32(46)19-26(36)3)37-14-10-33(47)20-27(37)4/h5-20,22-23,42-43,45-49H,21H2,1-4H3. The van der Waals surface area contributed by atoms with Gasteiger partial charge in [0, 0.05) is 23.0 Å². The molecular weight excluding hydrogens is 626 g/mol. The van der Waals surface area contributed by atoms with Crippen molar-refractivity contribution in [3.8, 4) is 28.7 Å². The molecule has 0 amide bonds. The number of phenolic OH excluding ortho intramolecular Hbond substituents is 5. The number of aromatic hydroxyl groups is 5. The Kier molecular flexibility index (Phi) is 9.33. The average molecular weight is 666 g/mol. The Morgan fingerprint density at radius 3 is 1.14 bits per heavy atom. The highest BCUT2D eigenvalue weighted by atomic mass is 16.3. The second-order valence-corrected chi connectivity index (χ2v) is 13.1. The average Bonchev–Trinajstić information content (AvgIpc) is 3.07. The minimum absolute atomic E-state index is 0.111. The number of hydrogen-bond acceptors (Lipinski definition) is 7. The minimum Gasteiger partial charge on any atom is -0.508 e. The van der Waals surface area contributed by atoms with Crippen molar-refractivity contribution in [3.05, 3.63) is 181 Å². The summed E-state index contributed by atoms with van der Waals surface area (Å²) < 4.78 is 0. The van der Waals surface area contributed by atoms with Crippen LogP contribution in [0.4, 0.5) is 5.69 Å². The molecule has 5 N–H and O–H groups in total. The van der Waals surface area contributed by atoms with Crippen molar-refractivity contribution in [1.29, 1.82) is 0 Å². The quantitative estimate of drug-likeness (QED) is 0.0772. The second kappa shape index (κ2) is 13.8. The van der Waals surface area contributed by atoms with Crippen LogP contribution < -0.4 is 0 Å². The lowest BCUT2D eigenvalue weighted by atomic mass is 9.79. The number of benzene rings is 6. The fourth-order valence-corrected chi connectivity index (χ4v) is 7.12. The Morgan fingerprint density at radius 1 is 0.440 bits per heavy atom. The molecule has 6 rings (SSSR count). The summed E-state index contributed by atoms with van der Waals surface area (Å²) in [6.45, 7) is 7.68. The molecule has 0 radical (unpaired) electrons. The Bertz CT molecular complexity index is 2190. The van der Waals surface area contributed by atoms with Crippen molar-refractivity contribution < 1.29 is 25.5 Å². The Balaban J connectivity index is 1.46. The third kappa shape index (κ3) is 6.76. The molecule has 1 unspecified atom stereocenters. The smallest absolute Gasteiger partial charge is 0.119 e. The first-order valence-electron chi connectivity index (χ1n) is 16.4. The summed E-state index contributed by atoms with van der Waals surface area (Å²) in [5.74, 6) is -0.114. The zero-order valence-electron chi connectivity index (χ0n) is 28.3. The monoisotopic (exact) mass is 665 g/mol. The molecule has 0 bridgehead atoms. The molecule has 0 aliphatic rings. The predicted molar refractivity (Wildman–Crippen MR) is 196 cm³/mol. The number of phenols is 5. The molecule has 0 aliphatic carbocycles. The van der Waals surface area contributed by atoms with Gasteiger partial charge in [-0.05, 0) is 156 Å². The first-order chi connectivity index (χ1) is 23.9. The molecule has 6 aromatic carbocycles. The Labute approximate surface area is 291 Å². The first kappa shape index (κ1) is 33.8. The van der Waals surface area contributed by atoms with Gasteiger partial charge in [-0.2, -0.15) is 0 Å². The van der Waals surface area contributed by atoms with E-state index in [2.05, 4.69) is 5.18 Å². The van der Waals surface area contributed by atoms with Gasteiger partial charge in [-0.3, -0.25) is 0 Å². The normalized spacial score (nSPS) is 11.9. The summed E-state index contributed by atoms with van der Waals surface area (Å²) in [6, 6.07) is 32.0. The molecule has 1 atom stereocenters. The van der Waals surface area contributed by atoms with Gasteiger partial charge < -0.3 is 25.5 Å². The van der Waals surface area contributed by atoms with E-state index in [1.807, 2.05) is 76.2 Å². The number of hydrogen-bond donors (Lipinski definition) is 5. The van der Waals surface area contributed by atoms with Crippen molar-refractivity contribution in [1.82, 2.24) is 0 Å². The summed E-state index contributed by atoms with van der Waals surface area (Å²) in [7, 11) is 0. The summed E-state index contributed by atoms with van der Waals surface area (Å²) in [5.41, 5.74) is 10.5. The van der Waals surface area contributed by atoms with Crippen LogP contribution in [-0.2, 0) is 6.42 Å². The topological polar surface area (TPSA) is 131 Å². The van der Waals surface area contributed by atoms with Crippen molar-refractivity contribution in [3.63, 3.8) is 0 Å². The maximum absolute atomic E-state index is 11.3. The van der Waals surface area contributed by atoms with Crippen molar-refractivity contribution in [2.75, 3.05) is 0 Å². The van der Waals surface area contributed by atoms with E-state index in [4.69, 9.17) is 0 Å². The lowest BCUT2D eigenvalue weighted by Gasteiger charge is -2.25.